The van der Waals surface area contributed by atoms with Crippen molar-refractivity contribution in [2.45, 2.75) is 18.0 Å². The average Bonchev–Trinajstić information content (AvgIpc) is 2.61. The van der Waals surface area contributed by atoms with Crippen molar-refractivity contribution >= 4 is 33.0 Å². The molecule has 0 fully saturated rings. The second kappa shape index (κ2) is 8.80. The molecule has 168 valence electrons. The summed E-state index contributed by atoms with van der Waals surface area (Å²) in [6, 6.07) is 6.08. The van der Waals surface area contributed by atoms with Crippen LogP contribution in [0.3, 0.4) is 0 Å². The number of rotatable bonds is 6. The first kappa shape index (κ1) is 24.5. The number of nitrogens with zero attached hydrogens (tertiary/aromatic N) is 1. The smallest absolute Gasteiger partial charge is 0.416 e. The van der Waals surface area contributed by atoms with E-state index in [2.05, 4.69) is 0 Å². The SMILES string of the molecule is CC(=C(C(=O)O)c1cc(Oc2ccc(S(C)(=O)=O)cc2Cl)cc(C(F)(F)F)c1)N(C)C. The van der Waals surface area contributed by atoms with Crippen LogP contribution >= 0.6 is 11.6 Å². The monoisotopic (exact) mass is 477 g/mol. The van der Waals surface area contributed by atoms with Crippen molar-refractivity contribution in [3.05, 3.63) is 58.2 Å². The summed E-state index contributed by atoms with van der Waals surface area (Å²) in [5.74, 6) is -1.82. The van der Waals surface area contributed by atoms with Crippen LogP contribution in [0.4, 0.5) is 13.2 Å². The van der Waals surface area contributed by atoms with E-state index in [4.69, 9.17) is 16.3 Å². The molecule has 0 unspecified atom stereocenters. The number of benzene rings is 2. The Labute approximate surface area is 182 Å². The van der Waals surface area contributed by atoms with Gasteiger partial charge in [-0.05, 0) is 48.9 Å². The maximum atomic E-state index is 13.5. The molecule has 0 heterocycles. The van der Waals surface area contributed by atoms with E-state index in [-0.39, 0.29) is 38.3 Å². The largest absolute Gasteiger partial charge is 0.478 e. The zero-order valence-electron chi connectivity index (χ0n) is 16.9. The third-order valence-electron chi connectivity index (χ3n) is 4.33. The molecule has 0 bridgehead atoms. The number of halogens is 4. The average molecular weight is 478 g/mol. The second-order valence-electron chi connectivity index (χ2n) is 6.87. The Morgan fingerprint density at radius 1 is 1.13 bits per heavy atom. The van der Waals surface area contributed by atoms with Gasteiger partial charge in [0.05, 0.1) is 21.1 Å². The van der Waals surface area contributed by atoms with Crippen LogP contribution in [0.15, 0.2) is 47.0 Å². The molecule has 0 saturated carbocycles. The molecule has 0 saturated heterocycles. The lowest BCUT2D eigenvalue weighted by molar-refractivity contribution is -0.138. The molecule has 31 heavy (non-hydrogen) atoms. The fourth-order valence-corrected chi connectivity index (χ4v) is 3.53. The molecule has 2 aromatic rings. The Hall–Kier alpha value is -2.72. The molecule has 0 spiro atoms. The fraction of sp³-hybridized carbons (Fsp3) is 0.250. The zero-order chi connectivity index (χ0) is 23.7. The van der Waals surface area contributed by atoms with Gasteiger partial charge in [0.2, 0.25) is 0 Å². The summed E-state index contributed by atoms with van der Waals surface area (Å²) in [6.07, 6.45) is -3.79. The van der Waals surface area contributed by atoms with Crippen LogP contribution in [0.1, 0.15) is 18.1 Å². The molecule has 11 heteroatoms. The lowest BCUT2D eigenvalue weighted by Gasteiger charge is -2.19. The van der Waals surface area contributed by atoms with E-state index in [1.165, 1.54) is 24.0 Å². The van der Waals surface area contributed by atoms with Gasteiger partial charge < -0.3 is 14.7 Å². The van der Waals surface area contributed by atoms with E-state index in [0.717, 1.165) is 24.5 Å². The van der Waals surface area contributed by atoms with Gasteiger partial charge >= 0.3 is 12.1 Å². The van der Waals surface area contributed by atoms with Crippen LogP contribution < -0.4 is 4.74 Å². The third-order valence-corrected chi connectivity index (χ3v) is 5.73. The van der Waals surface area contributed by atoms with Crippen LogP contribution in [0.5, 0.6) is 11.5 Å². The van der Waals surface area contributed by atoms with E-state index in [1.807, 2.05) is 0 Å². The number of carboxylic acids is 1. The van der Waals surface area contributed by atoms with Gasteiger partial charge in [-0.25, -0.2) is 13.2 Å². The lowest BCUT2D eigenvalue weighted by Crippen LogP contribution is -2.15. The van der Waals surface area contributed by atoms with Gasteiger partial charge in [-0.15, -0.1) is 0 Å². The normalized spacial score (nSPS) is 12.9. The number of hydrogen-bond acceptors (Lipinski definition) is 5. The number of alkyl halides is 3. The van der Waals surface area contributed by atoms with Crippen molar-refractivity contribution < 1.29 is 36.2 Å². The molecule has 2 aromatic carbocycles. The van der Waals surface area contributed by atoms with Crippen LogP contribution in [0, 0.1) is 0 Å². The number of allylic oxidation sites excluding steroid dienone is 1. The van der Waals surface area contributed by atoms with Gasteiger partial charge in [0.25, 0.3) is 0 Å². The van der Waals surface area contributed by atoms with Crippen LogP contribution in [-0.2, 0) is 20.8 Å². The van der Waals surface area contributed by atoms with E-state index < -0.39 is 27.5 Å². The number of aliphatic carboxylic acids is 1. The Morgan fingerprint density at radius 2 is 1.74 bits per heavy atom. The molecule has 0 aliphatic heterocycles. The zero-order valence-corrected chi connectivity index (χ0v) is 18.5. The van der Waals surface area contributed by atoms with Gasteiger partial charge in [0.15, 0.2) is 9.84 Å². The van der Waals surface area contributed by atoms with E-state index >= 15 is 0 Å². The van der Waals surface area contributed by atoms with Crippen molar-refractivity contribution in [3.8, 4) is 11.5 Å². The quantitative estimate of drug-likeness (QED) is 0.594. The summed E-state index contributed by atoms with van der Waals surface area (Å²) in [6.45, 7) is 1.46. The maximum absolute atomic E-state index is 13.5. The van der Waals surface area contributed by atoms with E-state index in [0.29, 0.717) is 6.07 Å². The van der Waals surface area contributed by atoms with Crippen molar-refractivity contribution in [1.82, 2.24) is 4.90 Å². The summed E-state index contributed by atoms with van der Waals surface area (Å²) < 4.78 is 69.1. The summed E-state index contributed by atoms with van der Waals surface area (Å²) in [4.78, 5) is 13.2. The summed E-state index contributed by atoms with van der Waals surface area (Å²) in [5.41, 5.74) is -1.44. The Balaban J connectivity index is 2.65. The number of ether oxygens (including phenoxy) is 1. The number of hydrogen-bond donors (Lipinski definition) is 1. The van der Waals surface area contributed by atoms with E-state index in [1.54, 1.807) is 14.1 Å². The second-order valence-corrected chi connectivity index (χ2v) is 9.29. The molecular weight excluding hydrogens is 459 g/mol. The topological polar surface area (TPSA) is 83.9 Å². The van der Waals surface area contributed by atoms with Crippen molar-refractivity contribution in [3.63, 3.8) is 0 Å². The highest BCUT2D eigenvalue weighted by molar-refractivity contribution is 7.90. The predicted octanol–water partition coefficient (Wildman–Crippen LogP) is 4.93. The molecule has 6 nitrogen and oxygen atoms in total. The minimum atomic E-state index is -4.77. The fourth-order valence-electron chi connectivity index (χ4n) is 2.60. The molecule has 2 rings (SSSR count). The highest BCUT2D eigenvalue weighted by atomic mass is 35.5. The van der Waals surface area contributed by atoms with Crippen molar-refractivity contribution in [2.75, 3.05) is 20.4 Å². The summed E-state index contributed by atoms with van der Waals surface area (Å²) >= 11 is 6.04. The van der Waals surface area contributed by atoms with Gasteiger partial charge in [0, 0.05) is 26.0 Å². The van der Waals surface area contributed by atoms with Crippen LogP contribution in [0.25, 0.3) is 5.57 Å². The molecule has 0 aliphatic rings. The Kier molecular flexibility index (Phi) is 6.97. The molecule has 0 aliphatic carbocycles. The first-order valence-corrected chi connectivity index (χ1v) is 10.9. The minimum absolute atomic E-state index is 0.0905. The van der Waals surface area contributed by atoms with Gasteiger partial charge in [0.1, 0.15) is 11.5 Å². The highest BCUT2D eigenvalue weighted by Crippen LogP contribution is 2.38. The molecular formula is C20H19ClF3NO5S. The van der Waals surface area contributed by atoms with Gasteiger partial charge in [-0.1, -0.05) is 11.6 Å². The first-order valence-electron chi connectivity index (χ1n) is 8.63. The predicted molar refractivity (Wildman–Crippen MR) is 110 cm³/mol. The number of sulfone groups is 1. The minimum Gasteiger partial charge on any atom is -0.478 e. The molecule has 0 atom stereocenters. The summed E-state index contributed by atoms with van der Waals surface area (Å²) in [5, 5.41) is 9.45. The first-order chi connectivity index (χ1) is 14.1. The summed E-state index contributed by atoms with van der Waals surface area (Å²) in [7, 11) is -0.427. The highest BCUT2D eigenvalue weighted by Gasteiger charge is 2.32. The number of carbonyl (C=O) groups is 1. The maximum Gasteiger partial charge on any atom is 0.416 e. The number of carboxylic acid groups (broad SMARTS) is 1. The van der Waals surface area contributed by atoms with Crippen molar-refractivity contribution in [2.24, 2.45) is 0 Å². The standard InChI is InChI=1S/C20H19ClF3NO5S/c1-11(25(2)3)18(19(26)27)12-7-13(20(22,23)24)9-14(8-12)30-17-6-5-15(10-16(17)21)31(4,28)29/h5-10H,1-4H3,(H,26,27). The van der Waals surface area contributed by atoms with Crippen LogP contribution in [0.2, 0.25) is 5.02 Å². The Morgan fingerprint density at radius 3 is 2.19 bits per heavy atom. The van der Waals surface area contributed by atoms with Crippen molar-refractivity contribution in [1.29, 1.82) is 0 Å². The van der Waals surface area contributed by atoms with E-state index in [9.17, 15) is 31.5 Å². The molecule has 0 aromatic heterocycles. The third kappa shape index (κ3) is 5.92. The molecule has 0 amide bonds. The van der Waals surface area contributed by atoms with Gasteiger partial charge in [-0.2, -0.15) is 13.2 Å². The van der Waals surface area contributed by atoms with Crippen LogP contribution in [-0.4, -0.2) is 44.7 Å². The Bertz CT molecular complexity index is 1160. The lowest BCUT2D eigenvalue weighted by atomic mass is 10.0. The molecule has 1 N–H and O–H groups in total. The molecule has 0 radical (unpaired) electrons. The van der Waals surface area contributed by atoms with Gasteiger partial charge in [-0.3, -0.25) is 0 Å².